The van der Waals surface area contributed by atoms with Gasteiger partial charge in [0, 0.05) is 18.2 Å². The van der Waals surface area contributed by atoms with Gasteiger partial charge in [0.2, 0.25) is 0 Å². The predicted octanol–water partition coefficient (Wildman–Crippen LogP) is 2.87. The van der Waals surface area contributed by atoms with Crippen LogP contribution in [0.1, 0.15) is 23.7 Å². The van der Waals surface area contributed by atoms with Gasteiger partial charge in [-0.25, -0.2) is 4.39 Å². The first-order valence-electron chi connectivity index (χ1n) is 7.95. The second kappa shape index (κ2) is 6.61. The van der Waals surface area contributed by atoms with Gasteiger partial charge in [-0.15, -0.1) is 0 Å². The molecule has 1 saturated heterocycles. The highest BCUT2D eigenvalue weighted by atomic mass is 19.1. The molecule has 0 spiro atoms. The van der Waals surface area contributed by atoms with E-state index >= 15 is 0 Å². The topological polar surface area (TPSA) is 49.8 Å². The van der Waals surface area contributed by atoms with Crippen molar-refractivity contribution in [3.8, 4) is 5.75 Å². The number of carbonyl (C=O) groups excluding carboxylic acids is 1. The van der Waals surface area contributed by atoms with Crippen LogP contribution in [-0.4, -0.2) is 40.7 Å². The van der Waals surface area contributed by atoms with Crippen LogP contribution in [0.2, 0.25) is 0 Å². The molecule has 2 atom stereocenters. The van der Waals surface area contributed by atoms with E-state index in [9.17, 15) is 14.3 Å². The third-order valence-electron chi connectivity index (χ3n) is 4.35. The van der Waals surface area contributed by atoms with Gasteiger partial charge in [0.25, 0.3) is 5.91 Å². The maximum absolute atomic E-state index is 13.3. The average Bonchev–Trinajstić information content (AvgIpc) is 2.57. The standard InChI is InChI=1S/C19H20FNO3/c1-19(23)10-11-21(18(22)14-6-3-2-4-7-14)13-17(19)24-16-9-5-8-15(20)12-16/h2-9,12,17,23H,10-11,13H2,1H3/t17-,19-/m0/s1. The molecule has 0 bridgehead atoms. The molecule has 24 heavy (non-hydrogen) atoms. The van der Waals surface area contributed by atoms with E-state index in [0.717, 1.165) is 0 Å². The van der Waals surface area contributed by atoms with Crippen LogP contribution >= 0.6 is 0 Å². The molecule has 0 aromatic heterocycles. The zero-order valence-electron chi connectivity index (χ0n) is 13.5. The molecule has 2 aromatic carbocycles. The van der Waals surface area contributed by atoms with Gasteiger partial charge in [-0.1, -0.05) is 24.3 Å². The van der Waals surface area contributed by atoms with Crippen molar-refractivity contribution >= 4 is 5.91 Å². The van der Waals surface area contributed by atoms with Gasteiger partial charge in [-0.2, -0.15) is 0 Å². The minimum atomic E-state index is -1.08. The number of nitrogens with zero attached hydrogens (tertiary/aromatic N) is 1. The first kappa shape index (κ1) is 16.5. The van der Waals surface area contributed by atoms with Crippen LogP contribution in [0.3, 0.4) is 0 Å². The summed E-state index contributed by atoms with van der Waals surface area (Å²) in [7, 11) is 0. The molecule has 0 saturated carbocycles. The van der Waals surface area contributed by atoms with Crippen molar-refractivity contribution in [2.45, 2.75) is 25.0 Å². The molecule has 1 heterocycles. The van der Waals surface area contributed by atoms with E-state index in [4.69, 9.17) is 4.74 Å². The van der Waals surface area contributed by atoms with Crippen molar-refractivity contribution in [2.75, 3.05) is 13.1 Å². The van der Waals surface area contributed by atoms with Gasteiger partial charge in [0.15, 0.2) is 0 Å². The van der Waals surface area contributed by atoms with E-state index < -0.39 is 17.5 Å². The maximum Gasteiger partial charge on any atom is 0.253 e. The van der Waals surface area contributed by atoms with Crippen LogP contribution < -0.4 is 4.74 Å². The summed E-state index contributed by atoms with van der Waals surface area (Å²) in [4.78, 5) is 14.3. The van der Waals surface area contributed by atoms with Crippen molar-refractivity contribution in [1.82, 2.24) is 4.90 Å². The van der Waals surface area contributed by atoms with E-state index in [1.54, 1.807) is 36.1 Å². The summed E-state index contributed by atoms with van der Waals surface area (Å²) in [6.45, 7) is 2.38. The lowest BCUT2D eigenvalue weighted by Gasteiger charge is -2.42. The first-order valence-corrected chi connectivity index (χ1v) is 7.95. The van der Waals surface area contributed by atoms with Crippen LogP contribution in [0.4, 0.5) is 4.39 Å². The van der Waals surface area contributed by atoms with Gasteiger partial charge in [-0.05, 0) is 37.6 Å². The van der Waals surface area contributed by atoms with E-state index in [0.29, 0.717) is 24.3 Å². The van der Waals surface area contributed by atoms with Crippen molar-refractivity contribution in [3.05, 3.63) is 66.0 Å². The number of amides is 1. The smallest absolute Gasteiger partial charge is 0.253 e. The number of hydrogen-bond donors (Lipinski definition) is 1. The highest BCUT2D eigenvalue weighted by Crippen LogP contribution is 2.27. The summed E-state index contributed by atoms with van der Waals surface area (Å²) >= 11 is 0. The normalized spacial score (nSPS) is 23.8. The monoisotopic (exact) mass is 329 g/mol. The summed E-state index contributed by atoms with van der Waals surface area (Å²) in [5.41, 5.74) is -0.483. The van der Waals surface area contributed by atoms with Crippen molar-refractivity contribution < 1.29 is 19.0 Å². The number of piperidine rings is 1. The zero-order chi connectivity index (χ0) is 17.2. The van der Waals surface area contributed by atoms with Crippen molar-refractivity contribution in [2.24, 2.45) is 0 Å². The van der Waals surface area contributed by atoms with E-state index in [-0.39, 0.29) is 12.5 Å². The highest BCUT2D eigenvalue weighted by Gasteiger charge is 2.41. The Kier molecular flexibility index (Phi) is 4.53. The minimum Gasteiger partial charge on any atom is -0.485 e. The first-order chi connectivity index (χ1) is 11.5. The van der Waals surface area contributed by atoms with Crippen LogP contribution in [0.25, 0.3) is 0 Å². The lowest BCUT2D eigenvalue weighted by Crippen LogP contribution is -2.57. The van der Waals surface area contributed by atoms with Crippen LogP contribution in [0.15, 0.2) is 54.6 Å². The number of halogens is 1. The van der Waals surface area contributed by atoms with Gasteiger partial charge in [0.05, 0.1) is 6.54 Å². The average molecular weight is 329 g/mol. The molecule has 0 unspecified atom stereocenters. The van der Waals surface area contributed by atoms with Crippen molar-refractivity contribution in [1.29, 1.82) is 0 Å². The number of hydrogen-bond acceptors (Lipinski definition) is 3. The molecular weight excluding hydrogens is 309 g/mol. The van der Waals surface area contributed by atoms with Gasteiger partial charge in [0.1, 0.15) is 23.3 Å². The van der Waals surface area contributed by atoms with E-state index in [1.165, 1.54) is 12.1 Å². The molecule has 1 N–H and O–H groups in total. The largest absolute Gasteiger partial charge is 0.485 e. The minimum absolute atomic E-state index is 0.0982. The summed E-state index contributed by atoms with van der Waals surface area (Å²) in [6.07, 6.45) is -0.230. The third-order valence-corrected chi connectivity index (χ3v) is 4.35. The fourth-order valence-corrected chi connectivity index (χ4v) is 2.83. The number of carbonyl (C=O) groups is 1. The Hall–Kier alpha value is -2.40. The highest BCUT2D eigenvalue weighted by molar-refractivity contribution is 5.94. The summed E-state index contributed by atoms with van der Waals surface area (Å²) in [6, 6.07) is 14.8. The predicted molar refractivity (Wildman–Crippen MR) is 88.4 cm³/mol. The number of rotatable bonds is 3. The SMILES string of the molecule is C[C@]1(O)CCN(C(=O)c2ccccc2)C[C@@H]1Oc1cccc(F)c1. The molecular formula is C19H20FNO3. The van der Waals surface area contributed by atoms with Crippen molar-refractivity contribution in [3.63, 3.8) is 0 Å². The van der Waals surface area contributed by atoms with E-state index in [1.807, 2.05) is 18.2 Å². The molecule has 2 aromatic rings. The summed E-state index contributed by atoms with van der Waals surface area (Å²) < 4.78 is 19.1. The second-order valence-electron chi connectivity index (χ2n) is 6.29. The quantitative estimate of drug-likeness (QED) is 0.942. The Morgan fingerprint density at radius 2 is 2.00 bits per heavy atom. The molecule has 1 amide bonds. The Morgan fingerprint density at radius 1 is 1.25 bits per heavy atom. The second-order valence-corrected chi connectivity index (χ2v) is 6.29. The molecule has 126 valence electrons. The Morgan fingerprint density at radius 3 is 2.71 bits per heavy atom. The lowest BCUT2D eigenvalue weighted by molar-refractivity contribution is -0.0882. The van der Waals surface area contributed by atoms with Crippen LogP contribution in [0, 0.1) is 5.82 Å². The fourth-order valence-electron chi connectivity index (χ4n) is 2.83. The molecule has 1 aliphatic heterocycles. The molecule has 3 rings (SSSR count). The molecule has 1 fully saturated rings. The Labute approximate surface area is 140 Å². The number of ether oxygens (including phenoxy) is 1. The summed E-state index contributed by atoms with van der Waals surface area (Å²) in [5.74, 6) is -0.159. The Bertz CT molecular complexity index is 718. The number of benzene rings is 2. The fraction of sp³-hybridized carbons (Fsp3) is 0.316. The molecule has 0 aliphatic carbocycles. The Balaban J connectivity index is 1.76. The van der Waals surface area contributed by atoms with Crippen LogP contribution in [0.5, 0.6) is 5.75 Å². The molecule has 5 heteroatoms. The van der Waals surface area contributed by atoms with Gasteiger partial charge in [-0.3, -0.25) is 4.79 Å². The molecule has 1 aliphatic rings. The molecule has 0 radical (unpaired) electrons. The van der Waals surface area contributed by atoms with Gasteiger partial charge < -0.3 is 14.7 Å². The number of aliphatic hydroxyl groups is 1. The molecule has 4 nitrogen and oxygen atoms in total. The zero-order valence-corrected chi connectivity index (χ0v) is 13.5. The summed E-state index contributed by atoms with van der Waals surface area (Å²) in [5, 5.41) is 10.6. The van der Waals surface area contributed by atoms with Crippen LogP contribution in [-0.2, 0) is 0 Å². The lowest BCUT2D eigenvalue weighted by atomic mass is 9.90. The number of likely N-dealkylation sites (tertiary alicyclic amines) is 1. The van der Waals surface area contributed by atoms with E-state index in [2.05, 4.69) is 0 Å². The third kappa shape index (κ3) is 3.57. The maximum atomic E-state index is 13.3. The van der Waals surface area contributed by atoms with Gasteiger partial charge >= 0.3 is 0 Å².